The standard InChI is InChI=1S/C29H27FN2O5/c1-19-12-14-22(15-13-19)29(20-8-4-2-5-9-20,21-10-6-3-7-11-21)36-18-23-26(34)25(30)27(37-23)32-17-16-24(33)31-28(32)35/h2-17,23,25-27,34H,18H2,1H3,(H,31,33,35)/t23-,25+,26-,27-/m1/s1. The number of aliphatic hydroxyl groups is 1. The van der Waals surface area contributed by atoms with Crippen LogP contribution in [0.2, 0.25) is 0 Å². The first-order valence-electron chi connectivity index (χ1n) is 12.0. The van der Waals surface area contributed by atoms with Gasteiger partial charge in [0, 0.05) is 12.3 Å². The van der Waals surface area contributed by atoms with E-state index in [1.54, 1.807) is 0 Å². The van der Waals surface area contributed by atoms with Gasteiger partial charge in [0.15, 0.2) is 12.4 Å². The summed E-state index contributed by atoms with van der Waals surface area (Å²) in [5.41, 5.74) is 1.12. The van der Waals surface area contributed by atoms with E-state index in [4.69, 9.17) is 9.47 Å². The van der Waals surface area contributed by atoms with Crippen molar-refractivity contribution in [2.45, 2.75) is 37.1 Å². The molecule has 8 heteroatoms. The van der Waals surface area contributed by atoms with E-state index in [1.165, 1.54) is 0 Å². The number of rotatable bonds is 7. The number of ether oxygens (including phenoxy) is 2. The summed E-state index contributed by atoms with van der Waals surface area (Å²) in [7, 11) is 0. The Labute approximate surface area is 212 Å². The van der Waals surface area contributed by atoms with Crippen molar-refractivity contribution < 1.29 is 19.0 Å². The van der Waals surface area contributed by atoms with Gasteiger partial charge >= 0.3 is 5.69 Å². The molecule has 1 aliphatic rings. The Morgan fingerprint density at radius 3 is 2.05 bits per heavy atom. The normalized spacial score (nSPS) is 21.7. The van der Waals surface area contributed by atoms with Crippen LogP contribution in [0.15, 0.2) is 107 Å². The number of aliphatic hydroxyl groups excluding tert-OH is 1. The van der Waals surface area contributed by atoms with Gasteiger partial charge in [-0.3, -0.25) is 14.3 Å². The molecule has 0 saturated carbocycles. The zero-order chi connectivity index (χ0) is 26.0. The second kappa shape index (κ2) is 10.3. The smallest absolute Gasteiger partial charge is 0.330 e. The number of hydrogen-bond donors (Lipinski definition) is 2. The van der Waals surface area contributed by atoms with Crippen molar-refractivity contribution in [1.82, 2.24) is 9.55 Å². The summed E-state index contributed by atoms with van der Waals surface area (Å²) < 4.78 is 28.5. The predicted octanol–water partition coefficient (Wildman–Crippen LogP) is 3.45. The molecular formula is C29H27FN2O5. The summed E-state index contributed by atoms with van der Waals surface area (Å²) in [4.78, 5) is 25.7. The van der Waals surface area contributed by atoms with Gasteiger partial charge in [-0.05, 0) is 23.6 Å². The number of alkyl halides is 1. The van der Waals surface area contributed by atoms with Crippen molar-refractivity contribution in [2.75, 3.05) is 6.61 Å². The summed E-state index contributed by atoms with van der Waals surface area (Å²) in [5.74, 6) is 0. The molecule has 3 aromatic carbocycles. The van der Waals surface area contributed by atoms with Crippen molar-refractivity contribution in [2.24, 2.45) is 0 Å². The highest BCUT2D eigenvalue weighted by molar-refractivity contribution is 5.48. The lowest BCUT2D eigenvalue weighted by molar-refractivity contribution is -0.0950. The number of benzene rings is 3. The maximum Gasteiger partial charge on any atom is 0.330 e. The topological polar surface area (TPSA) is 93.5 Å². The molecule has 0 aliphatic carbocycles. The van der Waals surface area contributed by atoms with E-state index >= 15 is 4.39 Å². The van der Waals surface area contributed by atoms with Crippen LogP contribution in [0.5, 0.6) is 0 Å². The number of nitrogens with zero attached hydrogens (tertiary/aromatic N) is 1. The second-order valence-electron chi connectivity index (χ2n) is 9.11. The van der Waals surface area contributed by atoms with Crippen molar-refractivity contribution in [1.29, 1.82) is 0 Å². The molecule has 1 aromatic heterocycles. The van der Waals surface area contributed by atoms with Crippen LogP contribution in [0.1, 0.15) is 28.5 Å². The van der Waals surface area contributed by atoms with Crippen LogP contribution < -0.4 is 11.2 Å². The van der Waals surface area contributed by atoms with Gasteiger partial charge in [0.2, 0.25) is 0 Å². The highest BCUT2D eigenvalue weighted by Gasteiger charge is 2.47. The summed E-state index contributed by atoms with van der Waals surface area (Å²) in [6, 6.07) is 28.4. The molecule has 5 rings (SSSR count). The van der Waals surface area contributed by atoms with Crippen LogP contribution in [0.25, 0.3) is 0 Å². The van der Waals surface area contributed by atoms with E-state index < -0.39 is 41.5 Å². The Balaban J connectivity index is 1.54. The predicted molar refractivity (Wildman–Crippen MR) is 136 cm³/mol. The van der Waals surface area contributed by atoms with Crippen LogP contribution in [-0.4, -0.2) is 39.6 Å². The van der Waals surface area contributed by atoms with Crippen molar-refractivity contribution in [3.05, 3.63) is 140 Å². The first-order chi connectivity index (χ1) is 17.9. The molecule has 4 atom stereocenters. The highest BCUT2D eigenvalue weighted by atomic mass is 19.1. The Bertz CT molecular complexity index is 1410. The Hall–Kier alpha value is -3.85. The number of aromatic amines is 1. The van der Waals surface area contributed by atoms with E-state index in [1.807, 2.05) is 91.9 Å². The minimum atomic E-state index is -1.90. The summed E-state index contributed by atoms with van der Waals surface area (Å²) in [6.07, 6.45) is -4.78. The number of nitrogens with one attached hydrogen (secondary N) is 1. The largest absolute Gasteiger partial charge is 0.387 e. The molecule has 1 fully saturated rings. The molecule has 2 N–H and O–H groups in total. The maximum absolute atomic E-state index is 15.1. The van der Waals surface area contributed by atoms with Crippen LogP contribution in [-0.2, 0) is 15.1 Å². The number of H-pyrrole nitrogens is 1. The fraction of sp³-hybridized carbons (Fsp3) is 0.241. The summed E-state index contributed by atoms with van der Waals surface area (Å²) in [6.45, 7) is 1.83. The van der Waals surface area contributed by atoms with E-state index in [0.29, 0.717) is 0 Å². The monoisotopic (exact) mass is 502 g/mol. The van der Waals surface area contributed by atoms with Crippen LogP contribution >= 0.6 is 0 Å². The SMILES string of the molecule is Cc1ccc(C(OC[C@H]2O[C@@H](n3ccc(=O)[nH]c3=O)[C@@H](F)[C@@H]2O)(c2ccccc2)c2ccccc2)cc1. The molecule has 190 valence electrons. The molecule has 0 bridgehead atoms. The lowest BCUT2D eigenvalue weighted by atomic mass is 9.79. The molecule has 0 radical (unpaired) electrons. The quantitative estimate of drug-likeness (QED) is 0.378. The van der Waals surface area contributed by atoms with Gasteiger partial charge in [-0.25, -0.2) is 9.18 Å². The van der Waals surface area contributed by atoms with Crippen molar-refractivity contribution >= 4 is 0 Å². The van der Waals surface area contributed by atoms with Crippen LogP contribution in [0, 0.1) is 6.92 Å². The van der Waals surface area contributed by atoms with Gasteiger partial charge < -0.3 is 14.6 Å². The van der Waals surface area contributed by atoms with Gasteiger partial charge in [-0.2, -0.15) is 0 Å². The Kier molecular flexibility index (Phi) is 6.88. The summed E-state index contributed by atoms with van der Waals surface area (Å²) in [5, 5.41) is 10.7. The summed E-state index contributed by atoms with van der Waals surface area (Å²) >= 11 is 0. The van der Waals surface area contributed by atoms with E-state index in [2.05, 4.69) is 4.98 Å². The zero-order valence-electron chi connectivity index (χ0n) is 20.2. The average Bonchev–Trinajstić information content (AvgIpc) is 3.20. The molecule has 0 unspecified atom stereocenters. The first kappa shape index (κ1) is 24.8. The Morgan fingerprint density at radius 1 is 0.919 bits per heavy atom. The number of aromatic nitrogens is 2. The lowest BCUT2D eigenvalue weighted by Crippen LogP contribution is -2.39. The van der Waals surface area contributed by atoms with Crippen LogP contribution in [0.3, 0.4) is 0 Å². The van der Waals surface area contributed by atoms with Gasteiger partial charge in [0.25, 0.3) is 5.56 Å². The highest BCUT2D eigenvalue weighted by Crippen LogP contribution is 2.42. The molecule has 7 nitrogen and oxygen atoms in total. The van der Waals surface area contributed by atoms with E-state index in [0.717, 1.165) is 39.1 Å². The minimum absolute atomic E-state index is 0.173. The van der Waals surface area contributed by atoms with Gasteiger partial charge in [-0.15, -0.1) is 0 Å². The maximum atomic E-state index is 15.1. The molecule has 2 heterocycles. The average molecular weight is 503 g/mol. The molecule has 0 spiro atoms. The van der Waals surface area contributed by atoms with Crippen molar-refractivity contribution in [3.63, 3.8) is 0 Å². The molecule has 4 aromatic rings. The van der Waals surface area contributed by atoms with E-state index in [-0.39, 0.29) is 6.61 Å². The van der Waals surface area contributed by atoms with Gasteiger partial charge in [0.05, 0.1) is 6.61 Å². The molecular weight excluding hydrogens is 475 g/mol. The van der Waals surface area contributed by atoms with Gasteiger partial charge in [-0.1, -0.05) is 90.5 Å². The van der Waals surface area contributed by atoms with Crippen molar-refractivity contribution in [3.8, 4) is 0 Å². The molecule has 0 amide bonds. The number of halogens is 1. The third kappa shape index (κ3) is 4.67. The van der Waals surface area contributed by atoms with Gasteiger partial charge in [0.1, 0.15) is 17.8 Å². The fourth-order valence-corrected chi connectivity index (χ4v) is 4.78. The van der Waals surface area contributed by atoms with E-state index in [9.17, 15) is 14.7 Å². The molecule has 1 saturated heterocycles. The minimum Gasteiger partial charge on any atom is -0.387 e. The molecule has 37 heavy (non-hydrogen) atoms. The van der Waals surface area contributed by atoms with Crippen LogP contribution in [0.4, 0.5) is 4.39 Å². The third-order valence-electron chi connectivity index (χ3n) is 6.70. The lowest BCUT2D eigenvalue weighted by Gasteiger charge is -2.37. The zero-order valence-corrected chi connectivity index (χ0v) is 20.2. The third-order valence-corrected chi connectivity index (χ3v) is 6.70. The second-order valence-corrected chi connectivity index (χ2v) is 9.11. The first-order valence-corrected chi connectivity index (χ1v) is 12.0. The number of aryl methyl sites for hydroxylation is 1. The molecule has 1 aliphatic heterocycles. The number of hydrogen-bond acceptors (Lipinski definition) is 5. The Morgan fingerprint density at radius 2 is 1.49 bits per heavy atom. The fourth-order valence-electron chi connectivity index (χ4n) is 4.78.